The van der Waals surface area contributed by atoms with E-state index in [1.807, 2.05) is 18.2 Å². The topological polar surface area (TPSA) is 46.5 Å². The van der Waals surface area contributed by atoms with Gasteiger partial charge in [-0.15, -0.1) is 0 Å². The van der Waals surface area contributed by atoms with E-state index < -0.39 is 24.5 Å². The molecule has 0 amide bonds. The van der Waals surface area contributed by atoms with Crippen LogP contribution in [0.5, 0.6) is 0 Å². The predicted molar refractivity (Wildman–Crippen MR) is 46.9 cm³/mol. The van der Waals surface area contributed by atoms with Gasteiger partial charge in [0.15, 0.2) is 0 Å². The molecule has 0 heterocycles. The fourth-order valence-corrected chi connectivity index (χ4v) is 3.80. The summed E-state index contributed by atoms with van der Waals surface area (Å²) in [5.74, 6) is 0. The van der Waals surface area contributed by atoms with Crippen molar-refractivity contribution in [1.29, 1.82) is 0 Å². The van der Waals surface area contributed by atoms with Crippen LogP contribution in [0.3, 0.4) is 0 Å². The van der Waals surface area contributed by atoms with E-state index >= 15 is 0 Å². The molecular weight excluding hydrogens is 266 g/mol. The Morgan fingerprint density at radius 3 is 2.42 bits per heavy atom. The molecule has 1 rings (SSSR count). The fourth-order valence-electron chi connectivity index (χ4n) is 0.857. The molecule has 3 nitrogen and oxygen atoms in total. The summed E-state index contributed by atoms with van der Waals surface area (Å²) in [5, 5.41) is 8.78. The van der Waals surface area contributed by atoms with Gasteiger partial charge in [0.2, 0.25) is 0 Å². The van der Waals surface area contributed by atoms with Crippen LogP contribution in [0.4, 0.5) is 4.79 Å². The van der Waals surface area contributed by atoms with E-state index in [1.165, 1.54) is 7.11 Å². The zero-order valence-corrected chi connectivity index (χ0v) is 9.15. The predicted octanol–water partition coefficient (Wildman–Crippen LogP) is 0.791. The van der Waals surface area contributed by atoms with Gasteiger partial charge < -0.3 is 0 Å². The average Bonchev–Trinajstić information content (AvgIpc) is 2.07. The monoisotopic (exact) mass is 274 g/mol. The molecule has 0 bridgehead atoms. The van der Waals surface area contributed by atoms with Crippen LogP contribution in [0.2, 0.25) is 0 Å². The standard InChI is InChI=1S/C6H5.CHO2.CH3O.Sb/c1-2-4-6-5-3-1;2-1-3;1-2;/h1-5H;(H,2,3);1H3;/q;;-1;+1. The molecule has 0 radical (unpaired) electrons. The zero-order chi connectivity index (χ0) is 8.97. The van der Waals surface area contributed by atoms with Crippen molar-refractivity contribution < 1.29 is 12.9 Å². The fraction of sp³-hybridized carbons (Fsp3) is 0.125. The summed E-state index contributed by atoms with van der Waals surface area (Å²) in [6, 6.07) is 9.13. The number of carboxylic acid groups (broad SMARTS) is 1. The number of hydrogen-bond acceptors (Lipinski definition) is 2. The van der Waals surface area contributed by atoms with Gasteiger partial charge in [-0.05, 0) is 0 Å². The minimum absolute atomic E-state index is 0.785. The van der Waals surface area contributed by atoms with Crippen LogP contribution >= 0.6 is 0 Å². The Morgan fingerprint density at radius 2 is 2.00 bits per heavy atom. The van der Waals surface area contributed by atoms with Crippen molar-refractivity contribution in [2.24, 2.45) is 0 Å². The first-order chi connectivity index (χ1) is 5.75. The molecule has 12 heavy (non-hydrogen) atoms. The van der Waals surface area contributed by atoms with E-state index in [0.717, 1.165) is 3.51 Å². The van der Waals surface area contributed by atoms with E-state index in [0.29, 0.717) is 0 Å². The third kappa shape index (κ3) is 2.23. The van der Waals surface area contributed by atoms with Crippen molar-refractivity contribution in [2.75, 3.05) is 7.11 Å². The molecule has 4 heteroatoms. The van der Waals surface area contributed by atoms with Crippen LogP contribution in [0, 0.1) is 0 Å². The molecule has 0 aliphatic rings. The van der Waals surface area contributed by atoms with Gasteiger partial charge in [-0.3, -0.25) is 0 Å². The Kier molecular flexibility index (Phi) is 3.57. The van der Waals surface area contributed by atoms with Gasteiger partial charge in [0.1, 0.15) is 0 Å². The SMILES string of the molecule is C[O][Sb]([C](=O)O)[c]1ccccc1. The molecule has 0 aliphatic carbocycles. The first-order valence-electron chi connectivity index (χ1n) is 3.38. The molecule has 0 aliphatic heterocycles. The molecular formula is C8H9O3Sb. The molecule has 64 valence electrons. The third-order valence-electron chi connectivity index (χ3n) is 1.35. The van der Waals surface area contributed by atoms with Crippen molar-refractivity contribution in [3.8, 4) is 0 Å². The first kappa shape index (κ1) is 9.56. The molecule has 0 fully saturated rings. The number of benzene rings is 1. The second-order valence-electron chi connectivity index (χ2n) is 2.10. The zero-order valence-electron chi connectivity index (χ0n) is 6.60. The normalized spacial score (nSPS) is 10.2. The molecule has 1 aromatic carbocycles. The van der Waals surface area contributed by atoms with Gasteiger partial charge in [-0.25, -0.2) is 0 Å². The van der Waals surface area contributed by atoms with Gasteiger partial charge >= 0.3 is 78.4 Å². The van der Waals surface area contributed by atoms with Gasteiger partial charge in [-0.1, -0.05) is 0 Å². The van der Waals surface area contributed by atoms with Crippen LogP contribution in [0.25, 0.3) is 0 Å². The summed E-state index contributed by atoms with van der Waals surface area (Å²) >= 11 is -2.67. The summed E-state index contributed by atoms with van der Waals surface area (Å²) in [6.07, 6.45) is 0. The van der Waals surface area contributed by atoms with Crippen LogP contribution in [-0.2, 0) is 3.02 Å². The Labute approximate surface area is 78.5 Å². The Bertz CT molecular complexity index is 260. The molecule has 0 aromatic heterocycles. The molecule has 0 atom stereocenters. The minimum atomic E-state index is -2.67. The van der Waals surface area contributed by atoms with Crippen LogP contribution in [0.1, 0.15) is 0 Å². The molecule has 0 saturated carbocycles. The van der Waals surface area contributed by atoms with E-state index in [-0.39, 0.29) is 0 Å². The van der Waals surface area contributed by atoms with Gasteiger partial charge in [-0.2, -0.15) is 0 Å². The maximum atomic E-state index is 10.7. The van der Waals surface area contributed by atoms with Gasteiger partial charge in [0.25, 0.3) is 0 Å². The Hall–Kier alpha value is -0.532. The summed E-state index contributed by atoms with van der Waals surface area (Å²) in [4.78, 5) is 10.7. The average molecular weight is 275 g/mol. The summed E-state index contributed by atoms with van der Waals surface area (Å²) in [5.41, 5.74) is 0. The van der Waals surface area contributed by atoms with E-state index in [9.17, 15) is 4.79 Å². The van der Waals surface area contributed by atoms with Crippen molar-refractivity contribution in [1.82, 2.24) is 0 Å². The van der Waals surface area contributed by atoms with Gasteiger partial charge in [0, 0.05) is 0 Å². The van der Waals surface area contributed by atoms with Gasteiger partial charge in [0.05, 0.1) is 0 Å². The van der Waals surface area contributed by atoms with Crippen molar-refractivity contribution >= 4 is 28.1 Å². The Morgan fingerprint density at radius 1 is 1.42 bits per heavy atom. The summed E-state index contributed by atoms with van der Waals surface area (Å²) < 4.78 is 5.04. The van der Waals surface area contributed by atoms with E-state index in [2.05, 4.69) is 0 Å². The van der Waals surface area contributed by atoms with Crippen LogP contribution in [-0.4, -0.2) is 36.8 Å². The molecule has 1 aromatic rings. The van der Waals surface area contributed by atoms with E-state index in [1.54, 1.807) is 12.1 Å². The van der Waals surface area contributed by atoms with Crippen LogP contribution < -0.4 is 3.51 Å². The second kappa shape index (κ2) is 4.48. The van der Waals surface area contributed by atoms with Crippen molar-refractivity contribution in [3.05, 3.63) is 30.3 Å². The first-order valence-corrected chi connectivity index (χ1v) is 6.97. The second-order valence-corrected chi connectivity index (χ2v) is 7.38. The Balaban J connectivity index is 2.88. The number of rotatable bonds is 3. The quantitative estimate of drug-likeness (QED) is 0.829. The number of carbonyl (C=O) groups is 1. The number of hydrogen-bond donors (Lipinski definition) is 1. The maximum absolute atomic E-state index is 10.7. The van der Waals surface area contributed by atoms with Crippen molar-refractivity contribution in [2.45, 2.75) is 0 Å². The van der Waals surface area contributed by atoms with Crippen LogP contribution in [0.15, 0.2) is 30.3 Å². The summed E-state index contributed by atoms with van der Waals surface area (Å²) in [7, 11) is 1.46. The van der Waals surface area contributed by atoms with Crippen molar-refractivity contribution in [3.63, 3.8) is 0 Å². The molecule has 0 spiro atoms. The molecule has 0 unspecified atom stereocenters. The molecule has 0 saturated heterocycles. The molecule has 1 N–H and O–H groups in total. The summed E-state index contributed by atoms with van der Waals surface area (Å²) in [6.45, 7) is 0. The third-order valence-corrected chi connectivity index (χ3v) is 5.57. The van der Waals surface area contributed by atoms with E-state index in [4.69, 9.17) is 8.12 Å².